The lowest BCUT2D eigenvalue weighted by atomic mass is 9.82. The van der Waals surface area contributed by atoms with Gasteiger partial charge in [-0.2, -0.15) is 0 Å². The quantitative estimate of drug-likeness (QED) is 0.489. The summed E-state index contributed by atoms with van der Waals surface area (Å²) >= 11 is 1.34. The van der Waals surface area contributed by atoms with E-state index in [4.69, 9.17) is 5.73 Å². The molecule has 1 saturated carbocycles. The van der Waals surface area contributed by atoms with Gasteiger partial charge in [0.1, 0.15) is 0 Å². The molecule has 0 radical (unpaired) electrons. The molecule has 3 aromatic rings. The zero-order chi connectivity index (χ0) is 23.5. The zero-order valence-corrected chi connectivity index (χ0v) is 19.7. The summed E-state index contributed by atoms with van der Waals surface area (Å²) in [5.74, 6) is 0.265. The van der Waals surface area contributed by atoms with Crippen molar-refractivity contribution < 1.29 is 9.59 Å². The number of benzene rings is 1. The van der Waals surface area contributed by atoms with Gasteiger partial charge >= 0.3 is 6.03 Å². The van der Waals surface area contributed by atoms with Crippen LogP contribution in [0.25, 0.3) is 0 Å². The summed E-state index contributed by atoms with van der Waals surface area (Å²) in [4.78, 5) is 37.0. The second-order valence-electron chi connectivity index (χ2n) is 8.88. The molecule has 1 fully saturated rings. The molecule has 9 heteroatoms. The van der Waals surface area contributed by atoms with E-state index >= 15 is 0 Å². The monoisotopic (exact) mass is 476 g/mol. The molecular formula is C25H28N6O2S. The Bertz CT molecular complexity index is 1170. The Morgan fingerprint density at radius 3 is 2.59 bits per heavy atom. The van der Waals surface area contributed by atoms with Crippen molar-refractivity contribution in [2.45, 2.75) is 50.6 Å². The van der Waals surface area contributed by atoms with Gasteiger partial charge in [0.25, 0.3) is 5.91 Å². The van der Waals surface area contributed by atoms with E-state index in [2.05, 4.69) is 32.7 Å². The number of thiazole rings is 1. The van der Waals surface area contributed by atoms with Crippen LogP contribution in [0.5, 0.6) is 0 Å². The molecule has 4 N–H and O–H groups in total. The molecule has 0 spiro atoms. The third-order valence-corrected chi connectivity index (χ3v) is 7.74. The summed E-state index contributed by atoms with van der Waals surface area (Å²) in [6, 6.07) is 11.5. The molecule has 1 aliphatic carbocycles. The molecule has 0 bridgehead atoms. The average Bonchev–Trinajstić information content (AvgIpc) is 3.30. The van der Waals surface area contributed by atoms with Gasteiger partial charge in [0.05, 0.1) is 23.6 Å². The highest BCUT2D eigenvalue weighted by molar-refractivity contribution is 7.13. The number of rotatable bonds is 4. The van der Waals surface area contributed by atoms with Crippen molar-refractivity contribution in [3.05, 3.63) is 69.9 Å². The highest BCUT2D eigenvalue weighted by Crippen LogP contribution is 2.33. The zero-order valence-electron chi connectivity index (χ0n) is 18.9. The van der Waals surface area contributed by atoms with Gasteiger partial charge in [-0.25, -0.2) is 9.78 Å². The van der Waals surface area contributed by atoms with E-state index in [1.165, 1.54) is 16.9 Å². The minimum Gasteiger partial charge on any atom is -0.397 e. The minimum absolute atomic E-state index is 0.0329. The van der Waals surface area contributed by atoms with Crippen LogP contribution in [0.1, 0.15) is 57.5 Å². The number of nitrogens with zero attached hydrogens (tertiary/aromatic N) is 3. The first kappa shape index (κ1) is 22.3. The molecule has 176 valence electrons. The highest BCUT2D eigenvalue weighted by atomic mass is 32.1. The SMILES string of the molecule is Nc1ccccc1NC(=O)c1nc2c(s1)CN(C(=O)NC1CCC(c3ccncc3)CC1)CC2. The Morgan fingerprint density at radius 1 is 1.06 bits per heavy atom. The number of nitrogens with one attached hydrogen (secondary N) is 2. The molecule has 5 rings (SSSR count). The molecule has 8 nitrogen and oxygen atoms in total. The Balaban J connectivity index is 1.15. The maximum atomic E-state index is 12.9. The van der Waals surface area contributed by atoms with Crippen LogP contribution < -0.4 is 16.4 Å². The highest BCUT2D eigenvalue weighted by Gasteiger charge is 2.29. The smallest absolute Gasteiger partial charge is 0.317 e. The fourth-order valence-electron chi connectivity index (χ4n) is 4.73. The fourth-order valence-corrected chi connectivity index (χ4v) is 5.74. The lowest BCUT2D eigenvalue weighted by Gasteiger charge is -2.32. The molecule has 0 saturated heterocycles. The molecule has 3 amide bonds. The number of carbonyl (C=O) groups is 2. The van der Waals surface area contributed by atoms with E-state index in [1.54, 1.807) is 12.1 Å². The van der Waals surface area contributed by atoms with Crippen LogP contribution in [-0.4, -0.2) is 39.4 Å². The Kier molecular flexibility index (Phi) is 6.44. The van der Waals surface area contributed by atoms with E-state index in [0.29, 0.717) is 41.8 Å². The number of nitrogens with two attached hydrogens (primary N) is 1. The van der Waals surface area contributed by atoms with Crippen LogP contribution in [0.2, 0.25) is 0 Å². The number of hydrogen-bond donors (Lipinski definition) is 3. The second kappa shape index (κ2) is 9.80. The van der Waals surface area contributed by atoms with Crippen molar-refractivity contribution >= 4 is 34.6 Å². The number of urea groups is 1. The first-order chi connectivity index (χ1) is 16.6. The second-order valence-corrected chi connectivity index (χ2v) is 9.96. The number of anilines is 2. The number of pyridine rings is 1. The van der Waals surface area contributed by atoms with Crippen LogP contribution in [0.4, 0.5) is 16.2 Å². The van der Waals surface area contributed by atoms with Crippen LogP contribution in [0.3, 0.4) is 0 Å². The van der Waals surface area contributed by atoms with Gasteiger partial charge in [0.2, 0.25) is 0 Å². The van der Waals surface area contributed by atoms with Gasteiger partial charge in [0, 0.05) is 36.3 Å². The van der Waals surface area contributed by atoms with Crippen LogP contribution in [0, 0.1) is 0 Å². The van der Waals surface area contributed by atoms with E-state index in [1.807, 2.05) is 29.4 Å². The van der Waals surface area contributed by atoms with Crippen molar-refractivity contribution in [2.75, 3.05) is 17.6 Å². The molecule has 1 aromatic carbocycles. The molecule has 1 aliphatic heterocycles. The fraction of sp³-hybridized carbons (Fsp3) is 0.360. The number of nitrogen functional groups attached to an aromatic ring is 1. The number of carbonyl (C=O) groups excluding carboxylic acids is 2. The molecule has 0 atom stereocenters. The first-order valence-corrected chi connectivity index (χ1v) is 12.5. The summed E-state index contributed by atoms with van der Waals surface area (Å²) in [6.45, 7) is 1.08. The van der Waals surface area contributed by atoms with Crippen LogP contribution in [-0.2, 0) is 13.0 Å². The Labute approximate surface area is 202 Å². The summed E-state index contributed by atoms with van der Waals surface area (Å²) in [6.07, 6.45) is 8.43. The summed E-state index contributed by atoms with van der Waals surface area (Å²) < 4.78 is 0. The third-order valence-electron chi connectivity index (χ3n) is 6.65. The lowest BCUT2D eigenvalue weighted by Crippen LogP contribution is -2.47. The van der Waals surface area contributed by atoms with Crippen molar-refractivity contribution in [1.82, 2.24) is 20.2 Å². The summed E-state index contributed by atoms with van der Waals surface area (Å²) in [5, 5.41) is 6.45. The number of aromatic nitrogens is 2. The molecule has 0 unspecified atom stereocenters. The molecule has 2 aliphatic rings. The maximum Gasteiger partial charge on any atom is 0.317 e. The third kappa shape index (κ3) is 4.89. The molecular weight excluding hydrogens is 448 g/mol. The summed E-state index contributed by atoms with van der Waals surface area (Å²) in [7, 11) is 0. The first-order valence-electron chi connectivity index (χ1n) is 11.7. The minimum atomic E-state index is -0.278. The van der Waals surface area contributed by atoms with Gasteiger partial charge in [-0.15, -0.1) is 11.3 Å². The number of hydrogen-bond acceptors (Lipinski definition) is 6. The number of amides is 3. The predicted octanol–water partition coefficient (Wildman–Crippen LogP) is 4.17. The van der Waals surface area contributed by atoms with E-state index in [-0.39, 0.29) is 18.0 Å². The number of fused-ring (bicyclic) bond motifs is 1. The van der Waals surface area contributed by atoms with E-state index in [0.717, 1.165) is 36.3 Å². The normalized spacial score (nSPS) is 19.8. The van der Waals surface area contributed by atoms with Crippen molar-refractivity contribution in [3.63, 3.8) is 0 Å². The van der Waals surface area contributed by atoms with Gasteiger partial charge in [0.15, 0.2) is 5.01 Å². The van der Waals surface area contributed by atoms with Gasteiger partial charge in [-0.05, 0) is 61.4 Å². The number of para-hydroxylation sites is 2. The Hall–Kier alpha value is -3.46. The summed E-state index contributed by atoms with van der Waals surface area (Å²) in [5.41, 5.74) is 9.24. The van der Waals surface area contributed by atoms with E-state index in [9.17, 15) is 9.59 Å². The van der Waals surface area contributed by atoms with Crippen molar-refractivity contribution in [1.29, 1.82) is 0 Å². The molecule has 2 aromatic heterocycles. The van der Waals surface area contributed by atoms with Crippen LogP contribution in [0.15, 0.2) is 48.8 Å². The predicted molar refractivity (Wildman–Crippen MR) is 133 cm³/mol. The van der Waals surface area contributed by atoms with Crippen molar-refractivity contribution in [2.24, 2.45) is 0 Å². The maximum absolute atomic E-state index is 12.9. The van der Waals surface area contributed by atoms with Crippen LogP contribution >= 0.6 is 11.3 Å². The average molecular weight is 477 g/mol. The topological polar surface area (TPSA) is 113 Å². The largest absolute Gasteiger partial charge is 0.397 e. The Morgan fingerprint density at radius 2 is 1.82 bits per heavy atom. The van der Waals surface area contributed by atoms with Gasteiger partial charge in [-0.1, -0.05) is 12.1 Å². The van der Waals surface area contributed by atoms with Gasteiger partial charge in [-0.3, -0.25) is 9.78 Å². The molecule has 34 heavy (non-hydrogen) atoms. The van der Waals surface area contributed by atoms with E-state index < -0.39 is 0 Å². The van der Waals surface area contributed by atoms with Gasteiger partial charge < -0.3 is 21.3 Å². The standard InChI is InChI=1S/C25H28N6O2S/c26-19-3-1-2-4-20(19)29-23(32)24-30-21-11-14-31(15-22(21)34-24)25(33)28-18-7-5-16(6-8-18)17-9-12-27-13-10-17/h1-4,9-10,12-13,16,18H,5-8,11,14-15,26H2,(H,28,33)(H,29,32). The van der Waals surface area contributed by atoms with Crippen molar-refractivity contribution in [3.8, 4) is 0 Å². The lowest BCUT2D eigenvalue weighted by molar-refractivity contribution is 0.102. The molecule has 3 heterocycles.